The van der Waals surface area contributed by atoms with E-state index >= 15 is 0 Å². The first kappa shape index (κ1) is 16.0. The molecule has 0 saturated heterocycles. The van der Waals surface area contributed by atoms with Crippen LogP contribution >= 0.6 is 0 Å². The van der Waals surface area contributed by atoms with Crippen LogP contribution in [0.4, 0.5) is 0 Å². The average Bonchev–Trinajstić information content (AvgIpc) is 2.34. The smallest absolute Gasteiger partial charge is 0.230 e. The van der Waals surface area contributed by atoms with Crippen LogP contribution in [0.1, 0.15) is 11.1 Å². The van der Waals surface area contributed by atoms with Crippen LogP contribution in [0.5, 0.6) is 5.75 Å². The van der Waals surface area contributed by atoms with Crippen LogP contribution in [0.3, 0.4) is 0 Å². The van der Waals surface area contributed by atoms with Gasteiger partial charge in [-0.1, -0.05) is 12.1 Å². The van der Waals surface area contributed by atoms with E-state index in [9.17, 15) is 9.59 Å². The molecule has 2 amide bonds. The van der Waals surface area contributed by atoms with Crippen molar-refractivity contribution in [2.24, 2.45) is 17.4 Å². The van der Waals surface area contributed by atoms with Gasteiger partial charge in [-0.3, -0.25) is 9.59 Å². The van der Waals surface area contributed by atoms with Gasteiger partial charge in [0.05, 0.1) is 7.11 Å². The lowest BCUT2D eigenvalue weighted by Gasteiger charge is -2.16. The molecule has 0 saturated carbocycles. The monoisotopic (exact) mass is 279 g/mol. The number of hydrogen-bond donors (Lipinski definition) is 2. The molecule has 0 spiro atoms. The molecular weight excluding hydrogens is 258 g/mol. The van der Waals surface area contributed by atoms with Crippen molar-refractivity contribution in [1.82, 2.24) is 4.90 Å². The van der Waals surface area contributed by atoms with Crippen LogP contribution in [-0.2, 0) is 22.6 Å². The molecule has 0 unspecified atom stereocenters. The number of amides is 2. The molecule has 4 N–H and O–H groups in total. The van der Waals surface area contributed by atoms with E-state index in [2.05, 4.69) is 0 Å². The predicted octanol–water partition coefficient (Wildman–Crippen LogP) is -0.114. The fourth-order valence-electron chi connectivity index (χ4n) is 2.00. The van der Waals surface area contributed by atoms with Gasteiger partial charge in [0, 0.05) is 12.1 Å². The summed E-state index contributed by atoms with van der Waals surface area (Å²) in [5.41, 5.74) is 12.2. The number of nitrogens with two attached hydrogens (primary N) is 2. The molecule has 0 aliphatic heterocycles. The van der Waals surface area contributed by atoms with Gasteiger partial charge < -0.3 is 21.1 Å². The molecule has 1 aromatic rings. The summed E-state index contributed by atoms with van der Waals surface area (Å²) in [5.74, 6) is -1.64. The summed E-state index contributed by atoms with van der Waals surface area (Å²) in [7, 11) is 5.49. The number of carbonyl (C=O) groups excluding carboxylic acids is 2. The first-order valence-corrected chi connectivity index (χ1v) is 6.24. The van der Waals surface area contributed by atoms with E-state index in [4.69, 9.17) is 16.2 Å². The lowest BCUT2D eigenvalue weighted by Crippen LogP contribution is -2.36. The van der Waals surface area contributed by atoms with Gasteiger partial charge in [0.2, 0.25) is 11.8 Å². The SMILES string of the molecule is COc1ccc(CC(C(N)=O)C(N)=O)cc1CN(C)C. The minimum Gasteiger partial charge on any atom is -0.496 e. The molecule has 0 aromatic heterocycles. The highest BCUT2D eigenvalue weighted by Crippen LogP contribution is 2.22. The Kier molecular flexibility index (Phi) is 5.52. The normalized spacial score (nSPS) is 10.8. The Hall–Kier alpha value is -2.08. The van der Waals surface area contributed by atoms with Crippen molar-refractivity contribution in [2.75, 3.05) is 21.2 Å². The zero-order valence-corrected chi connectivity index (χ0v) is 12.1. The predicted molar refractivity (Wildman–Crippen MR) is 76.0 cm³/mol. The van der Waals surface area contributed by atoms with Crippen molar-refractivity contribution in [3.63, 3.8) is 0 Å². The van der Waals surface area contributed by atoms with Crippen LogP contribution in [0, 0.1) is 5.92 Å². The van der Waals surface area contributed by atoms with Gasteiger partial charge in [-0.05, 0) is 32.1 Å². The molecule has 0 heterocycles. The van der Waals surface area contributed by atoms with E-state index < -0.39 is 17.7 Å². The Morgan fingerprint density at radius 3 is 2.30 bits per heavy atom. The van der Waals surface area contributed by atoms with Crippen LogP contribution in [0.15, 0.2) is 18.2 Å². The second-order valence-corrected chi connectivity index (χ2v) is 4.95. The van der Waals surface area contributed by atoms with E-state index in [0.717, 1.165) is 16.9 Å². The number of hydrogen-bond acceptors (Lipinski definition) is 4. The molecule has 6 nitrogen and oxygen atoms in total. The Morgan fingerprint density at radius 1 is 1.25 bits per heavy atom. The maximum absolute atomic E-state index is 11.2. The van der Waals surface area contributed by atoms with E-state index in [1.807, 2.05) is 31.1 Å². The van der Waals surface area contributed by atoms with Crippen molar-refractivity contribution in [3.05, 3.63) is 29.3 Å². The molecule has 6 heteroatoms. The quantitative estimate of drug-likeness (QED) is 0.680. The lowest BCUT2D eigenvalue weighted by atomic mass is 9.96. The van der Waals surface area contributed by atoms with E-state index in [-0.39, 0.29) is 6.42 Å². The topological polar surface area (TPSA) is 98.6 Å². The van der Waals surface area contributed by atoms with E-state index in [1.54, 1.807) is 13.2 Å². The third-order valence-electron chi connectivity index (χ3n) is 2.96. The number of ether oxygens (including phenoxy) is 1. The molecule has 1 aromatic carbocycles. The van der Waals surface area contributed by atoms with Crippen LogP contribution < -0.4 is 16.2 Å². The molecule has 0 fully saturated rings. The number of carbonyl (C=O) groups is 2. The summed E-state index contributed by atoms with van der Waals surface area (Å²) in [5, 5.41) is 0. The summed E-state index contributed by atoms with van der Waals surface area (Å²) >= 11 is 0. The molecule has 0 radical (unpaired) electrons. The van der Waals surface area contributed by atoms with E-state index in [1.165, 1.54) is 0 Å². The van der Waals surface area contributed by atoms with Gasteiger partial charge in [-0.25, -0.2) is 0 Å². The third kappa shape index (κ3) is 4.24. The van der Waals surface area contributed by atoms with Gasteiger partial charge in [0.1, 0.15) is 11.7 Å². The van der Waals surface area contributed by atoms with Crippen molar-refractivity contribution in [2.45, 2.75) is 13.0 Å². The summed E-state index contributed by atoms with van der Waals surface area (Å²) in [6.45, 7) is 0.689. The molecular formula is C14H21N3O3. The summed E-state index contributed by atoms with van der Waals surface area (Å²) in [4.78, 5) is 24.4. The highest BCUT2D eigenvalue weighted by molar-refractivity contribution is 5.99. The summed E-state index contributed by atoms with van der Waals surface area (Å²) < 4.78 is 5.29. The molecule has 110 valence electrons. The minimum absolute atomic E-state index is 0.203. The summed E-state index contributed by atoms with van der Waals surface area (Å²) in [6.07, 6.45) is 0.203. The van der Waals surface area contributed by atoms with Crippen molar-refractivity contribution >= 4 is 11.8 Å². The van der Waals surface area contributed by atoms with Crippen LogP contribution in [-0.4, -0.2) is 37.9 Å². The van der Waals surface area contributed by atoms with Gasteiger partial charge in [-0.15, -0.1) is 0 Å². The van der Waals surface area contributed by atoms with Crippen LogP contribution in [0.2, 0.25) is 0 Å². The minimum atomic E-state index is -0.990. The lowest BCUT2D eigenvalue weighted by molar-refractivity contribution is -0.131. The van der Waals surface area contributed by atoms with Crippen molar-refractivity contribution in [3.8, 4) is 5.75 Å². The molecule has 0 bridgehead atoms. The second kappa shape index (κ2) is 6.91. The Bertz CT molecular complexity index is 486. The Balaban J connectivity index is 3.01. The second-order valence-electron chi connectivity index (χ2n) is 4.95. The summed E-state index contributed by atoms with van der Waals surface area (Å²) in [6, 6.07) is 5.52. The van der Waals surface area contributed by atoms with Gasteiger partial charge in [0.25, 0.3) is 0 Å². The highest BCUT2D eigenvalue weighted by Gasteiger charge is 2.22. The largest absolute Gasteiger partial charge is 0.496 e. The number of benzene rings is 1. The first-order valence-electron chi connectivity index (χ1n) is 6.24. The number of rotatable bonds is 7. The molecule has 1 rings (SSSR count). The number of methoxy groups -OCH3 is 1. The van der Waals surface area contributed by atoms with Crippen molar-refractivity contribution < 1.29 is 14.3 Å². The first-order chi connectivity index (χ1) is 9.35. The van der Waals surface area contributed by atoms with E-state index in [0.29, 0.717) is 6.54 Å². The maximum atomic E-state index is 11.2. The third-order valence-corrected chi connectivity index (χ3v) is 2.96. The number of primary amides is 2. The molecule has 20 heavy (non-hydrogen) atoms. The molecule has 0 aliphatic rings. The fourth-order valence-corrected chi connectivity index (χ4v) is 2.00. The average molecular weight is 279 g/mol. The van der Waals surface area contributed by atoms with Gasteiger partial charge >= 0.3 is 0 Å². The Morgan fingerprint density at radius 2 is 1.85 bits per heavy atom. The molecule has 0 aliphatic carbocycles. The molecule has 0 atom stereocenters. The fraction of sp³-hybridized carbons (Fsp3) is 0.429. The van der Waals surface area contributed by atoms with Gasteiger partial charge in [-0.2, -0.15) is 0 Å². The Labute approximate surface area is 118 Å². The zero-order chi connectivity index (χ0) is 15.3. The van der Waals surface area contributed by atoms with Crippen LogP contribution in [0.25, 0.3) is 0 Å². The zero-order valence-electron chi connectivity index (χ0n) is 12.1. The van der Waals surface area contributed by atoms with Gasteiger partial charge in [0.15, 0.2) is 0 Å². The van der Waals surface area contributed by atoms with Crippen molar-refractivity contribution in [1.29, 1.82) is 0 Å². The standard InChI is InChI=1S/C14H21N3O3/c1-17(2)8-10-6-9(4-5-12(10)20-3)7-11(13(15)18)14(16)19/h4-6,11H,7-8H2,1-3H3,(H2,15,18)(H2,16,19). The number of nitrogens with zero attached hydrogens (tertiary/aromatic N) is 1. The highest BCUT2D eigenvalue weighted by atomic mass is 16.5. The maximum Gasteiger partial charge on any atom is 0.230 e.